The minimum Gasteiger partial charge on any atom is -0.319 e. The third-order valence-electron chi connectivity index (χ3n) is 2.41. The van der Waals surface area contributed by atoms with Gasteiger partial charge in [0.05, 0.1) is 0 Å². The van der Waals surface area contributed by atoms with Gasteiger partial charge >= 0.3 is 0 Å². The lowest BCUT2D eigenvalue weighted by molar-refractivity contribution is 0.325. The van der Waals surface area contributed by atoms with Crippen LogP contribution in [0, 0.1) is 5.41 Å². The van der Waals surface area contributed by atoms with E-state index in [1.165, 1.54) is 32.2 Å². The van der Waals surface area contributed by atoms with Crippen LogP contribution in [-0.2, 0) is 0 Å². The molecule has 0 spiro atoms. The molecule has 1 N–H and O–H groups in total. The number of rotatable bonds is 2. The van der Waals surface area contributed by atoms with Gasteiger partial charge in [0.15, 0.2) is 0 Å². The first-order valence-electron chi connectivity index (χ1n) is 3.91. The van der Waals surface area contributed by atoms with Crippen LogP contribution in [0.3, 0.4) is 0 Å². The Morgan fingerprint density at radius 3 is 2.20 bits per heavy atom. The van der Waals surface area contributed by atoms with Gasteiger partial charge in [-0.1, -0.05) is 19.8 Å². The van der Waals surface area contributed by atoms with Crippen LogP contribution < -0.4 is 5.32 Å². The Kier molecular flexibility index (Phi) is 4.30. The Bertz CT molecular complexity index is 87.3. The van der Waals surface area contributed by atoms with Crippen molar-refractivity contribution in [3.8, 4) is 0 Å². The van der Waals surface area contributed by atoms with E-state index >= 15 is 0 Å². The van der Waals surface area contributed by atoms with Crippen molar-refractivity contribution in [2.24, 2.45) is 5.41 Å². The molecule has 0 amide bonds. The van der Waals surface area contributed by atoms with E-state index in [2.05, 4.69) is 12.2 Å². The molecule has 0 bridgehead atoms. The zero-order valence-corrected chi connectivity index (χ0v) is 7.76. The van der Waals surface area contributed by atoms with Gasteiger partial charge in [-0.25, -0.2) is 0 Å². The highest BCUT2D eigenvalue weighted by atomic mass is 35.5. The molecule has 0 aromatic rings. The molecule has 1 nitrogen and oxygen atoms in total. The standard InChI is InChI=1S/C8H17N.ClH/c1-8(7-9-2)5-3-4-6-8;/h9H,3-7H2,1-2H3;1H. The monoisotopic (exact) mass is 163 g/mol. The number of hydrogen-bond donors (Lipinski definition) is 1. The Morgan fingerprint density at radius 2 is 1.80 bits per heavy atom. The number of nitrogens with one attached hydrogen (secondary N) is 1. The third-order valence-corrected chi connectivity index (χ3v) is 2.41. The summed E-state index contributed by atoms with van der Waals surface area (Å²) in [5.41, 5.74) is 0.634. The van der Waals surface area contributed by atoms with Crippen LogP contribution in [0.2, 0.25) is 0 Å². The van der Waals surface area contributed by atoms with Gasteiger partial charge in [0.2, 0.25) is 0 Å². The van der Waals surface area contributed by atoms with Gasteiger partial charge in [-0.2, -0.15) is 0 Å². The van der Waals surface area contributed by atoms with Crippen LogP contribution in [0.15, 0.2) is 0 Å². The number of halogens is 1. The highest BCUT2D eigenvalue weighted by molar-refractivity contribution is 5.85. The zero-order valence-electron chi connectivity index (χ0n) is 6.94. The molecular formula is C8H18ClN. The molecule has 62 valence electrons. The van der Waals surface area contributed by atoms with Crippen molar-refractivity contribution in [3.05, 3.63) is 0 Å². The molecule has 0 saturated heterocycles. The quantitative estimate of drug-likeness (QED) is 0.659. The van der Waals surface area contributed by atoms with Crippen LogP contribution in [0.1, 0.15) is 32.6 Å². The number of hydrogen-bond acceptors (Lipinski definition) is 1. The fourth-order valence-electron chi connectivity index (χ4n) is 1.83. The summed E-state index contributed by atoms with van der Waals surface area (Å²) in [5.74, 6) is 0. The van der Waals surface area contributed by atoms with E-state index in [9.17, 15) is 0 Å². The van der Waals surface area contributed by atoms with E-state index in [1.807, 2.05) is 7.05 Å². The largest absolute Gasteiger partial charge is 0.319 e. The summed E-state index contributed by atoms with van der Waals surface area (Å²) < 4.78 is 0. The maximum atomic E-state index is 3.25. The SMILES string of the molecule is CNCC1(C)CCCC1.Cl. The van der Waals surface area contributed by atoms with Crippen LogP contribution in [0.5, 0.6) is 0 Å². The predicted molar refractivity (Wildman–Crippen MR) is 47.7 cm³/mol. The molecule has 0 aromatic heterocycles. The van der Waals surface area contributed by atoms with Gasteiger partial charge < -0.3 is 5.32 Å². The summed E-state index contributed by atoms with van der Waals surface area (Å²) in [5, 5.41) is 3.25. The Hall–Kier alpha value is 0.250. The van der Waals surface area contributed by atoms with Crippen molar-refractivity contribution in [3.63, 3.8) is 0 Å². The van der Waals surface area contributed by atoms with Crippen LogP contribution in [0.4, 0.5) is 0 Å². The lowest BCUT2D eigenvalue weighted by atomic mass is 9.89. The molecule has 2 heteroatoms. The molecule has 0 heterocycles. The maximum Gasteiger partial charge on any atom is 0.000216 e. The van der Waals surface area contributed by atoms with Crippen LogP contribution >= 0.6 is 12.4 Å². The minimum absolute atomic E-state index is 0. The van der Waals surface area contributed by atoms with Gasteiger partial charge in [0, 0.05) is 6.54 Å². The first-order chi connectivity index (χ1) is 4.27. The topological polar surface area (TPSA) is 12.0 Å². The van der Waals surface area contributed by atoms with Gasteiger partial charge in [0.1, 0.15) is 0 Å². The predicted octanol–water partition coefficient (Wildman–Crippen LogP) is 2.21. The molecule has 1 rings (SSSR count). The van der Waals surface area contributed by atoms with Gasteiger partial charge in [0.25, 0.3) is 0 Å². The fraction of sp³-hybridized carbons (Fsp3) is 1.00. The Balaban J connectivity index is 0.000000810. The van der Waals surface area contributed by atoms with Crippen molar-refractivity contribution in [1.82, 2.24) is 5.32 Å². The Labute approximate surface area is 70.0 Å². The summed E-state index contributed by atoms with van der Waals surface area (Å²) in [6.45, 7) is 3.59. The summed E-state index contributed by atoms with van der Waals surface area (Å²) in [6, 6.07) is 0. The molecular weight excluding hydrogens is 146 g/mol. The molecule has 10 heavy (non-hydrogen) atoms. The highest BCUT2D eigenvalue weighted by Gasteiger charge is 2.27. The average molecular weight is 164 g/mol. The summed E-state index contributed by atoms with van der Waals surface area (Å²) in [4.78, 5) is 0. The van der Waals surface area contributed by atoms with Crippen molar-refractivity contribution in [2.45, 2.75) is 32.6 Å². The van der Waals surface area contributed by atoms with Crippen molar-refractivity contribution < 1.29 is 0 Å². The van der Waals surface area contributed by atoms with Crippen molar-refractivity contribution >= 4 is 12.4 Å². The van der Waals surface area contributed by atoms with Gasteiger partial charge in [-0.3, -0.25) is 0 Å². The fourth-order valence-corrected chi connectivity index (χ4v) is 1.83. The van der Waals surface area contributed by atoms with Crippen LogP contribution in [-0.4, -0.2) is 13.6 Å². The van der Waals surface area contributed by atoms with Crippen molar-refractivity contribution in [2.75, 3.05) is 13.6 Å². The first kappa shape index (κ1) is 10.2. The smallest absolute Gasteiger partial charge is 0.000216 e. The van der Waals surface area contributed by atoms with E-state index in [-0.39, 0.29) is 12.4 Å². The molecule has 1 fully saturated rings. The van der Waals surface area contributed by atoms with Crippen LogP contribution in [0.25, 0.3) is 0 Å². The van der Waals surface area contributed by atoms with E-state index in [1.54, 1.807) is 0 Å². The first-order valence-corrected chi connectivity index (χ1v) is 3.91. The van der Waals surface area contributed by atoms with E-state index in [4.69, 9.17) is 0 Å². The molecule has 1 aliphatic rings. The van der Waals surface area contributed by atoms with Crippen molar-refractivity contribution in [1.29, 1.82) is 0 Å². The zero-order chi connectivity index (χ0) is 6.74. The average Bonchev–Trinajstić information content (AvgIpc) is 2.16. The summed E-state index contributed by atoms with van der Waals surface area (Å²) >= 11 is 0. The second-order valence-corrected chi connectivity index (χ2v) is 3.55. The third kappa shape index (κ3) is 2.47. The molecule has 0 unspecified atom stereocenters. The molecule has 0 aromatic carbocycles. The van der Waals surface area contributed by atoms with Gasteiger partial charge in [-0.05, 0) is 25.3 Å². The second kappa shape index (κ2) is 4.20. The molecule has 0 aliphatic heterocycles. The Morgan fingerprint density at radius 1 is 1.30 bits per heavy atom. The molecule has 1 aliphatic carbocycles. The molecule has 0 radical (unpaired) electrons. The van der Waals surface area contributed by atoms with E-state index in [0.29, 0.717) is 5.41 Å². The lowest BCUT2D eigenvalue weighted by Gasteiger charge is -2.22. The normalized spacial score (nSPS) is 22.2. The molecule has 0 atom stereocenters. The summed E-state index contributed by atoms with van der Waals surface area (Å²) in [7, 11) is 2.05. The molecule has 1 saturated carbocycles. The highest BCUT2D eigenvalue weighted by Crippen LogP contribution is 2.36. The lowest BCUT2D eigenvalue weighted by Crippen LogP contribution is -2.26. The second-order valence-electron chi connectivity index (χ2n) is 3.55. The summed E-state index contributed by atoms with van der Waals surface area (Å²) in [6.07, 6.45) is 5.73. The minimum atomic E-state index is 0. The van der Waals surface area contributed by atoms with Gasteiger partial charge in [-0.15, -0.1) is 12.4 Å². The maximum absolute atomic E-state index is 3.25. The van der Waals surface area contributed by atoms with E-state index in [0.717, 1.165) is 0 Å². The van der Waals surface area contributed by atoms with E-state index < -0.39 is 0 Å².